The first-order valence-electron chi connectivity index (χ1n) is 9.35. The molecule has 1 aliphatic rings. The molecule has 1 saturated heterocycles. The molecule has 0 bridgehead atoms. The fourth-order valence-corrected chi connectivity index (χ4v) is 3.95. The topological polar surface area (TPSA) is 58.2 Å². The summed E-state index contributed by atoms with van der Waals surface area (Å²) < 4.78 is 43.9. The van der Waals surface area contributed by atoms with Gasteiger partial charge in [-0.05, 0) is 54.7 Å². The van der Waals surface area contributed by atoms with E-state index in [2.05, 4.69) is 9.97 Å². The quantitative estimate of drug-likeness (QED) is 0.695. The first-order chi connectivity index (χ1) is 13.9. The number of H-pyrrole nitrogens is 1. The molecule has 3 aromatic rings. The maximum atomic E-state index is 13.0. The lowest BCUT2D eigenvalue weighted by molar-refractivity contribution is -0.138. The van der Waals surface area contributed by atoms with Crippen molar-refractivity contribution in [2.75, 3.05) is 20.2 Å². The van der Waals surface area contributed by atoms with E-state index in [9.17, 15) is 18.0 Å². The smallest absolute Gasteiger partial charge is 0.419 e. The van der Waals surface area contributed by atoms with Crippen molar-refractivity contribution < 1.29 is 22.7 Å². The molecule has 1 aromatic carbocycles. The Bertz CT molecular complexity index is 1040. The van der Waals surface area contributed by atoms with Crippen molar-refractivity contribution in [3.63, 3.8) is 0 Å². The van der Waals surface area contributed by atoms with Crippen molar-refractivity contribution in [2.24, 2.45) is 0 Å². The number of hydrogen-bond acceptors (Lipinski definition) is 3. The van der Waals surface area contributed by atoms with E-state index in [1.165, 1.54) is 24.8 Å². The molecule has 8 heteroatoms. The van der Waals surface area contributed by atoms with Crippen molar-refractivity contribution in [2.45, 2.75) is 24.9 Å². The number of rotatable bonds is 3. The van der Waals surface area contributed by atoms with Crippen LogP contribution in [0.15, 0.2) is 42.7 Å². The minimum absolute atomic E-state index is 0.199. The first-order valence-corrected chi connectivity index (χ1v) is 9.35. The van der Waals surface area contributed by atoms with Gasteiger partial charge in [0.2, 0.25) is 0 Å². The number of halogens is 3. The van der Waals surface area contributed by atoms with E-state index in [0.717, 1.165) is 29.9 Å². The highest BCUT2D eigenvalue weighted by atomic mass is 19.4. The Kier molecular flexibility index (Phi) is 4.94. The van der Waals surface area contributed by atoms with Gasteiger partial charge in [0, 0.05) is 36.4 Å². The predicted molar refractivity (Wildman–Crippen MR) is 102 cm³/mol. The molecule has 3 heterocycles. The van der Waals surface area contributed by atoms with E-state index in [-0.39, 0.29) is 17.2 Å². The van der Waals surface area contributed by atoms with Gasteiger partial charge in [-0.15, -0.1) is 0 Å². The summed E-state index contributed by atoms with van der Waals surface area (Å²) in [5.41, 5.74) is 1.35. The lowest BCUT2D eigenvalue weighted by atomic mass is 9.89. The molecule has 1 aliphatic heterocycles. The summed E-state index contributed by atoms with van der Waals surface area (Å²) in [4.78, 5) is 22.0. The number of aromatic nitrogens is 2. The van der Waals surface area contributed by atoms with Crippen LogP contribution in [0.1, 0.15) is 40.2 Å². The summed E-state index contributed by atoms with van der Waals surface area (Å²) in [6.07, 6.45) is 0.749. The number of likely N-dealkylation sites (tertiary alicyclic amines) is 1. The van der Waals surface area contributed by atoms with Crippen molar-refractivity contribution in [3.8, 4) is 5.75 Å². The van der Waals surface area contributed by atoms with Crippen molar-refractivity contribution in [1.82, 2.24) is 14.9 Å². The average molecular weight is 403 g/mol. The number of fused-ring (bicyclic) bond motifs is 1. The zero-order chi connectivity index (χ0) is 20.6. The molecule has 0 radical (unpaired) electrons. The van der Waals surface area contributed by atoms with Gasteiger partial charge in [0.15, 0.2) is 0 Å². The zero-order valence-electron chi connectivity index (χ0n) is 15.8. The molecule has 0 saturated carbocycles. The molecule has 1 amide bonds. The SMILES string of the molecule is COc1cc(C(=O)N2CCC(c3c[nH]c4ncccc34)CC2)ccc1C(F)(F)F. The number of carbonyl (C=O) groups excluding carboxylic acids is 1. The van der Waals surface area contributed by atoms with E-state index >= 15 is 0 Å². The van der Waals surface area contributed by atoms with Crippen molar-refractivity contribution in [3.05, 3.63) is 59.4 Å². The lowest BCUT2D eigenvalue weighted by Gasteiger charge is -2.32. The van der Waals surface area contributed by atoms with Crippen LogP contribution < -0.4 is 4.74 Å². The Morgan fingerprint density at radius 3 is 2.69 bits per heavy atom. The minimum atomic E-state index is -4.53. The number of nitrogens with zero attached hydrogens (tertiary/aromatic N) is 2. The van der Waals surface area contributed by atoms with Gasteiger partial charge in [0.05, 0.1) is 12.7 Å². The van der Waals surface area contributed by atoms with Crippen LogP contribution >= 0.6 is 0 Å². The zero-order valence-corrected chi connectivity index (χ0v) is 15.8. The average Bonchev–Trinajstić information content (AvgIpc) is 3.16. The number of amides is 1. The summed E-state index contributed by atoms with van der Waals surface area (Å²) in [7, 11) is 1.17. The van der Waals surface area contributed by atoms with E-state index in [1.54, 1.807) is 11.1 Å². The summed E-state index contributed by atoms with van der Waals surface area (Å²) >= 11 is 0. The van der Waals surface area contributed by atoms with Gasteiger partial charge in [-0.1, -0.05) is 0 Å². The molecule has 29 heavy (non-hydrogen) atoms. The third-order valence-corrected chi connectivity index (χ3v) is 5.46. The number of carbonyl (C=O) groups is 1. The Morgan fingerprint density at radius 1 is 1.24 bits per heavy atom. The highest BCUT2D eigenvalue weighted by molar-refractivity contribution is 5.95. The number of pyridine rings is 1. The number of ether oxygens (including phenoxy) is 1. The van der Waals surface area contributed by atoms with Crippen LogP contribution in [0.25, 0.3) is 11.0 Å². The number of piperidine rings is 1. The molecule has 0 unspecified atom stereocenters. The molecule has 2 aromatic heterocycles. The third kappa shape index (κ3) is 3.66. The Morgan fingerprint density at radius 2 is 2.00 bits per heavy atom. The third-order valence-electron chi connectivity index (χ3n) is 5.46. The Labute approximate surface area is 165 Å². The van der Waals surface area contributed by atoms with E-state index in [4.69, 9.17) is 4.74 Å². The van der Waals surface area contributed by atoms with Crippen molar-refractivity contribution >= 4 is 16.9 Å². The van der Waals surface area contributed by atoms with Gasteiger partial charge in [-0.3, -0.25) is 4.79 Å². The molecular weight excluding hydrogens is 383 g/mol. The van der Waals surface area contributed by atoms with Gasteiger partial charge in [-0.25, -0.2) is 4.98 Å². The number of nitrogens with one attached hydrogen (secondary N) is 1. The molecule has 4 rings (SSSR count). The standard InChI is InChI=1S/C21H20F3N3O2/c1-29-18-11-14(4-5-17(18)21(22,23)24)20(28)27-9-6-13(7-10-27)16-12-26-19-15(16)3-2-8-25-19/h2-5,8,11-13H,6-7,9-10H2,1H3,(H,25,26). The number of hydrogen-bond donors (Lipinski definition) is 1. The highest BCUT2D eigenvalue weighted by Crippen LogP contribution is 2.37. The van der Waals surface area contributed by atoms with Crippen LogP contribution in [0.3, 0.4) is 0 Å². The Hall–Kier alpha value is -3.03. The maximum Gasteiger partial charge on any atom is 0.419 e. The highest BCUT2D eigenvalue weighted by Gasteiger charge is 2.35. The normalized spacial score (nSPS) is 15.7. The van der Waals surface area contributed by atoms with Crippen LogP contribution in [0.2, 0.25) is 0 Å². The molecule has 0 aliphatic carbocycles. The largest absolute Gasteiger partial charge is 0.496 e. The number of alkyl halides is 3. The summed E-state index contributed by atoms with van der Waals surface area (Å²) in [5, 5.41) is 1.09. The Balaban J connectivity index is 1.48. The minimum Gasteiger partial charge on any atom is -0.496 e. The molecule has 1 N–H and O–H groups in total. The monoisotopic (exact) mass is 403 g/mol. The molecular formula is C21H20F3N3O2. The van der Waals surface area contributed by atoms with Crippen LogP contribution in [-0.4, -0.2) is 41.0 Å². The molecule has 152 valence electrons. The van der Waals surface area contributed by atoms with E-state index in [1.807, 2.05) is 18.3 Å². The van der Waals surface area contributed by atoms with E-state index < -0.39 is 11.7 Å². The number of methoxy groups -OCH3 is 1. The summed E-state index contributed by atoms with van der Waals surface area (Å²) in [5.74, 6) is -0.320. The maximum absolute atomic E-state index is 13.0. The second-order valence-electron chi connectivity index (χ2n) is 7.12. The summed E-state index contributed by atoms with van der Waals surface area (Å²) in [6.45, 7) is 1.08. The number of aromatic amines is 1. The summed E-state index contributed by atoms with van der Waals surface area (Å²) in [6, 6.07) is 7.21. The van der Waals surface area contributed by atoms with Gasteiger partial charge < -0.3 is 14.6 Å². The van der Waals surface area contributed by atoms with E-state index in [0.29, 0.717) is 19.0 Å². The molecule has 0 atom stereocenters. The predicted octanol–water partition coefficient (Wildman–Crippen LogP) is 4.61. The molecule has 5 nitrogen and oxygen atoms in total. The second-order valence-corrected chi connectivity index (χ2v) is 7.12. The van der Waals surface area contributed by atoms with Gasteiger partial charge in [0.25, 0.3) is 5.91 Å². The second kappa shape index (κ2) is 7.42. The molecule has 1 fully saturated rings. The lowest BCUT2D eigenvalue weighted by Crippen LogP contribution is -2.37. The fourth-order valence-electron chi connectivity index (χ4n) is 3.95. The fraction of sp³-hybridized carbons (Fsp3) is 0.333. The van der Waals surface area contributed by atoms with Crippen molar-refractivity contribution in [1.29, 1.82) is 0 Å². The van der Waals surface area contributed by atoms with Crippen LogP contribution in [0.5, 0.6) is 5.75 Å². The van der Waals surface area contributed by atoms with Gasteiger partial charge >= 0.3 is 6.18 Å². The number of benzene rings is 1. The van der Waals surface area contributed by atoms with Gasteiger partial charge in [-0.2, -0.15) is 13.2 Å². The first kappa shape index (κ1) is 19.3. The van der Waals surface area contributed by atoms with Crippen LogP contribution in [0, 0.1) is 0 Å². The van der Waals surface area contributed by atoms with Crippen LogP contribution in [-0.2, 0) is 6.18 Å². The molecule has 0 spiro atoms. The van der Waals surface area contributed by atoms with Crippen LogP contribution in [0.4, 0.5) is 13.2 Å². The van der Waals surface area contributed by atoms with Gasteiger partial charge in [0.1, 0.15) is 11.4 Å².